The summed E-state index contributed by atoms with van der Waals surface area (Å²) in [5.74, 6) is 0.888. The Morgan fingerprint density at radius 3 is 3.00 bits per heavy atom. The van der Waals surface area contributed by atoms with Gasteiger partial charge in [0.2, 0.25) is 0 Å². The first-order valence-electron chi connectivity index (χ1n) is 5.14. The predicted molar refractivity (Wildman–Crippen MR) is 61.7 cm³/mol. The molecule has 0 spiro atoms. The number of aldehydes is 1. The van der Waals surface area contributed by atoms with E-state index in [1.807, 2.05) is 11.4 Å². The minimum absolute atomic E-state index is 0.252. The molecule has 15 heavy (non-hydrogen) atoms. The number of hydrogen-bond donors (Lipinski definition) is 1. The van der Waals surface area contributed by atoms with Gasteiger partial charge in [0.05, 0.1) is 4.88 Å². The normalized spacial score (nSPS) is 25.9. The van der Waals surface area contributed by atoms with Crippen LogP contribution in [0.25, 0.3) is 0 Å². The van der Waals surface area contributed by atoms with E-state index in [1.165, 1.54) is 11.3 Å². The quantitative estimate of drug-likeness (QED) is 0.795. The smallest absolute Gasteiger partial charge is 0.160 e. The molecule has 1 aromatic heterocycles. The van der Waals surface area contributed by atoms with Crippen molar-refractivity contribution in [3.05, 3.63) is 16.3 Å². The maximum absolute atomic E-state index is 10.6. The maximum atomic E-state index is 10.6. The minimum atomic E-state index is 0.252. The molecule has 2 heterocycles. The Morgan fingerprint density at radius 1 is 1.67 bits per heavy atom. The van der Waals surface area contributed by atoms with Crippen LogP contribution in [0.4, 0.5) is 5.69 Å². The molecule has 4 heteroatoms. The number of thiophene rings is 1. The largest absolute Gasteiger partial charge is 0.396 e. The summed E-state index contributed by atoms with van der Waals surface area (Å²) < 4.78 is 0. The van der Waals surface area contributed by atoms with Gasteiger partial charge in [-0.05, 0) is 12.0 Å². The molecule has 0 radical (unpaired) electrons. The lowest BCUT2D eigenvalue weighted by Crippen LogP contribution is -2.19. The Labute approximate surface area is 93.3 Å². The van der Waals surface area contributed by atoms with Crippen LogP contribution in [-0.4, -0.2) is 31.1 Å². The Balaban J connectivity index is 2.09. The summed E-state index contributed by atoms with van der Waals surface area (Å²) >= 11 is 1.47. The highest BCUT2D eigenvalue weighted by Gasteiger charge is 2.29. The number of rotatable bonds is 3. The highest BCUT2D eigenvalue weighted by Crippen LogP contribution is 2.30. The second kappa shape index (κ2) is 4.33. The first kappa shape index (κ1) is 10.6. The average Bonchev–Trinajstić information content (AvgIpc) is 2.83. The first-order chi connectivity index (χ1) is 7.24. The molecule has 3 nitrogen and oxygen atoms in total. The molecule has 1 fully saturated rings. The zero-order valence-corrected chi connectivity index (χ0v) is 9.54. The van der Waals surface area contributed by atoms with E-state index in [9.17, 15) is 9.90 Å². The SMILES string of the molecule is CC1CN(c2csc(C=O)c2)CC1CO. The fraction of sp³-hybridized carbons (Fsp3) is 0.545. The van der Waals surface area contributed by atoms with E-state index in [2.05, 4.69) is 11.8 Å². The lowest BCUT2D eigenvalue weighted by molar-refractivity contribution is 0.112. The summed E-state index contributed by atoms with van der Waals surface area (Å²) in [6, 6.07) is 1.92. The van der Waals surface area contributed by atoms with Gasteiger partial charge in [0.1, 0.15) is 0 Å². The van der Waals surface area contributed by atoms with Crippen molar-refractivity contribution in [1.82, 2.24) is 0 Å². The second-order valence-corrected chi connectivity index (χ2v) is 5.09. The fourth-order valence-electron chi connectivity index (χ4n) is 2.05. The number of carbonyl (C=O) groups excluding carboxylic acids is 1. The molecule has 2 atom stereocenters. The van der Waals surface area contributed by atoms with Gasteiger partial charge >= 0.3 is 0 Å². The monoisotopic (exact) mass is 225 g/mol. The summed E-state index contributed by atoms with van der Waals surface area (Å²) in [4.78, 5) is 13.6. The third-order valence-corrected chi connectivity index (χ3v) is 3.94. The van der Waals surface area contributed by atoms with Crippen LogP contribution in [0.15, 0.2) is 11.4 Å². The zero-order valence-electron chi connectivity index (χ0n) is 8.72. The van der Waals surface area contributed by atoms with Crippen LogP contribution < -0.4 is 4.90 Å². The molecular weight excluding hydrogens is 210 g/mol. The van der Waals surface area contributed by atoms with Crippen molar-refractivity contribution in [3.8, 4) is 0 Å². The van der Waals surface area contributed by atoms with Crippen molar-refractivity contribution in [2.75, 3.05) is 24.6 Å². The van der Waals surface area contributed by atoms with Gasteiger partial charge in [-0.15, -0.1) is 11.3 Å². The topological polar surface area (TPSA) is 40.5 Å². The van der Waals surface area contributed by atoms with Crippen LogP contribution in [0, 0.1) is 11.8 Å². The van der Waals surface area contributed by atoms with Gasteiger partial charge in [-0.3, -0.25) is 4.79 Å². The van der Waals surface area contributed by atoms with Gasteiger partial charge in [0, 0.05) is 36.7 Å². The number of hydrogen-bond acceptors (Lipinski definition) is 4. The molecule has 0 amide bonds. The van der Waals surface area contributed by atoms with Gasteiger partial charge < -0.3 is 10.0 Å². The second-order valence-electron chi connectivity index (χ2n) is 4.15. The molecule has 82 valence electrons. The molecule has 0 bridgehead atoms. The van der Waals surface area contributed by atoms with Crippen LogP contribution in [-0.2, 0) is 0 Å². The third-order valence-electron chi connectivity index (χ3n) is 3.09. The summed E-state index contributed by atoms with van der Waals surface area (Å²) in [6.45, 7) is 4.28. The maximum Gasteiger partial charge on any atom is 0.160 e. The summed E-state index contributed by atoms with van der Waals surface area (Å²) in [6.07, 6.45) is 0.886. The third kappa shape index (κ3) is 2.06. The molecule has 1 saturated heterocycles. The standard InChI is InChI=1S/C11H15NO2S/c1-8-3-12(4-9(8)5-13)10-2-11(6-14)15-7-10/h2,6-9,13H,3-5H2,1H3. The average molecular weight is 225 g/mol. The summed E-state index contributed by atoms with van der Waals surface area (Å²) in [7, 11) is 0. The molecule has 1 aliphatic rings. The van der Waals surface area contributed by atoms with E-state index in [4.69, 9.17) is 0 Å². The van der Waals surface area contributed by atoms with E-state index >= 15 is 0 Å². The first-order valence-corrected chi connectivity index (χ1v) is 6.02. The Morgan fingerprint density at radius 2 is 2.47 bits per heavy atom. The predicted octanol–water partition coefficient (Wildman–Crippen LogP) is 1.63. The molecule has 1 N–H and O–H groups in total. The molecule has 2 unspecified atom stereocenters. The number of carbonyl (C=O) groups is 1. The van der Waals surface area contributed by atoms with Gasteiger partial charge in [-0.2, -0.15) is 0 Å². The van der Waals surface area contributed by atoms with E-state index in [0.717, 1.165) is 29.9 Å². The molecule has 2 rings (SSSR count). The van der Waals surface area contributed by atoms with Crippen LogP contribution in [0.5, 0.6) is 0 Å². The van der Waals surface area contributed by atoms with Gasteiger partial charge in [0.25, 0.3) is 0 Å². The Bertz CT molecular complexity index is 350. The molecular formula is C11H15NO2S. The van der Waals surface area contributed by atoms with Crippen LogP contribution in [0.3, 0.4) is 0 Å². The molecule has 0 aromatic carbocycles. The lowest BCUT2D eigenvalue weighted by atomic mass is 10.00. The summed E-state index contributed by atoms with van der Waals surface area (Å²) in [5.41, 5.74) is 1.12. The Hall–Kier alpha value is -0.870. The summed E-state index contributed by atoms with van der Waals surface area (Å²) in [5, 5.41) is 11.2. The lowest BCUT2D eigenvalue weighted by Gasteiger charge is -2.15. The minimum Gasteiger partial charge on any atom is -0.396 e. The Kier molecular flexibility index (Phi) is 3.07. The number of anilines is 1. The highest BCUT2D eigenvalue weighted by molar-refractivity contribution is 7.12. The highest BCUT2D eigenvalue weighted by atomic mass is 32.1. The zero-order chi connectivity index (χ0) is 10.8. The molecule has 1 aliphatic heterocycles. The van der Waals surface area contributed by atoms with E-state index in [1.54, 1.807) is 0 Å². The van der Waals surface area contributed by atoms with Crippen molar-refractivity contribution in [3.63, 3.8) is 0 Å². The molecule has 0 aliphatic carbocycles. The van der Waals surface area contributed by atoms with Crippen molar-refractivity contribution in [2.45, 2.75) is 6.92 Å². The molecule has 0 saturated carbocycles. The van der Waals surface area contributed by atoms with Gasteiger partial charge in [-0.1, -0.05) is 6.92 Å². The number of aliphatic hydroxyl groups is 1. The van der Waals surface area contributed by atoms with Crippen molar-refractivity contribution < 1.29 is 9.90 Å². The fourth-order valence-corrected chi connectivity index (χ4v) is 2.77. The van der Waals surface area contributed by atoms with Gasteiger partial charge in [0.15, 0.2) is 6.29 Å². The number of nitrogens with zero attached hydrogens (tertiary/aromatic N) is 1. The molecule has 1 aromatic rings. The van der Waals surface area contributed by atoms with Crippen LogP contribution >= 0.6 is 11.3 Å². The van der Waals surface area contributed by atoms with Crippen molar-refractivity contribution in [2.24, 2.45) is 11.8 Å². The van der Waals surface area contributed by atoms with E-state index in [0.29, 0.717) is 11.8 Å². The van der Waals surface area contributed by atoms with E-state index in [-0.39, 0.29) is 6.61 Å². The van der Waals surface area contributed by atoms with Crippen molar-refractivity contribution in [1.29, 1.82) is 0 Å². The van der Waals surface area contributed by atoms with E-state index < -0.39 is 0 Å². The van der Waals surface area contributed by atoms with Gasteiger partial charge in [-0.25, -0.2) is 0 Å². The van der Waals surface area contributed by atoms with Crippen LogP contribution in [0.1, 0.15) is 16.6 Å². The van der Waals surface area contributed by atoms with Crippen molar-refractivity contribution >= 4 is 23.3 Å². The number of aliphatic hydroxyl groups excluding tert-OH is 1. The van der Waals surface area contributed by atoms with Crippen LogP contribution in [0.2, 0.25) is 0 Å².